The van der Waals surface area contributed by atoms with E-state index in [0.717, 1.165) is 92.6 Å². The third kappa shape index (κ3) is 5.30. The third-order valence-corrected chi connectivity index (χ3v) is 11.6. The van der Waals surface area contributed by atoms with Crippen LogP contribution in [0.25, 0.3) is 33.6 Å². The van der Waals surface area contributed by atoms with Crippen LogP contribution in [0.2, 0.25) is 0 Å². The number of halogens is 1. The number of rotatable bonds is 8. The van der Waals surface area contributed by atoms with Gasteiger partial charge in [-0.1, -0.05) is 0 Å². The topological polar surface area (TPSA) is 120 Å². The van der Waals surface area contributed by atoms with E-state index in [4.69, 9.17) is 20.4 Å². The molecule has 2 bridgehead atoms. The van der Waals surface area contributed by atoms with Crippen molar-refractivity contribution in [3.63, 3.8) is 0 Å². The SMILES string of the molecule is C[C@@H](NC(=O)C1CCOCC1)c1ccc2cc(-c3nc4cc(C(=O)N5C[C@H](N)[C@H]6CC[C@@H]5C6)cc(F)c4n3C3CC3)n(CC3CC3)c2n1. The highest BCUT2D eigenvalue weighted by atomic mass is 19.1. The van der Waals surface area contributed by atoms with Crippen molar-refractivity contribution in [1.82, 2.24) is 29.3 Å². The molecule has 10 nitrogen and oxygen atoms in total. The third-order valence-electron chi connectivity index (χ3n) is 11.6. The lowest BCUT2D eigenvalue weighted by Gasteiger charge is -2.37. The monoisotopic (exact) mass is 653 g/mol. The van der Waals surface area contributed by atoms with Crippen LogP contribution in [0.1, 0.15) is 92.8 Å². The average Bonchev–Trinajstić information content (AvgIpc) is 4.00. The van der Waals surface area contributed by atoms with Crippen LogP contribution in [0.5, 0.6) is 0 Å². The fourth-order valence-corrected chi connectivity index (χ4v) is 8.45. The minimum atomic E-state index is -0.411. The normalized spacial score (nSPS) is 25.2. The van der Waals surface area contributed by atoms with Gasteiger partial charge in [-0.15, -0.1) is 0 Å². The molecule has 2 aliphatic heterocycles. The number of aromatic nitrogens is 4. The molecule has 0 spiro atoms. The number of hydrogen-bond donors (Lipinski definition) is 2. The molecule has 4 aromatic rings. The molecule has 3 aliphatic carbocycles. The molecule has 1 aromatic carbocycles. The minimum absolute atomic E-state index is 0.0317. The summed E-state index contributed by atoms with van der Waals surface area (Å²) in [5, 5.41) is 4.17. The van der Waals surface area contributed by atoms with Crippen LogP contribution in [0.15, 0.2) is 30.3 Å². The first-order valence-electron chi connectivity index (χ1n) is 18.0. The van der Waals surface area contributed by atoms with Gasteiger partial charge in [-0.25, -0.2) is 14.4 Å². The van der Waals surface area contributed by atoms with E-state index in [1.807, 2.05) is 17.9 Å². The van der Waals surface area contributed by atoms with Gasteiger partial charge in [0.25, 0.3) is 5.91 Å². The summed E-state index contributed by atoms with van der Waals surface area (Å²) in [6.45, 7) is 4.54. The van der Waals surface area contributed by atoms with E-state index >= 15 is 4.39 Å². The van der Waals surface area contributed by atoms with Crippen molar-refractivity contribution in [3.8, 4) is 11.5 Å². The highest BCUT2D eigenvalue weighted by Crippen LogP contribution is 2.44. The number of nitrogens with two attached hydrogens (primary N) is 1. The second-order valence-corrected chi connectivity index (χ2v) is 15.1. The molecule has 0 unspecified atom stereocenters. The van der Waals surface area contributed by atoms with Gasteiger partial charge in [-0.05, 0) is 107 Å². The molecule has 2 saturated heterocycles. The number of ether oxygens (including phenoxy) is 1. The Morgan fingerprint density at radius 3 is 2.58 bits per heavy atom. The predicted molar refractivity (Wildman–Crippen MR) is 180 cm³/mol. The molecule has 252 valence electrons. The van der Waals surface area contributed by atoms with Crippen molar-refractivity contribution in [3.05, 3.63) is 47.4 Å². The zero-order valence-electron chi connectivity index (χ0n) is 27.5. The number of nitrogens with zero attached hydrogens (tertiary/aromatic N) is 5. The molecular formula is C37H44FN7O3. The van der Waals surface area contributed by atoms with Crippen LogP contribution in [0.3, 0.4) is 0 Å². The highest BCUT2D eigenvalue weighted by molar-refractivity contribution is 5.98. The summed E-state index contributed by atoms with van der Waals surface area (Å²) < 4.78 is 26.0. The van der Waals surface area contributed by atoms with Gasteiger partial charge in [0.15, 0.2) is 5.82 Å². The number of nitrogens with one attached hydrogen (secondary N) is 1. The van der Waals surface area contributed by atoms with Gasteiger partial charge in [0.1, 0.15) is 17.0 Å². The first kappa shape index (κ1) is 30.2. The van der Waals surface area contributed by atoms with Crippen LogP contribution >= 0.6 is 0 Å². The largest absolute Gasteiger partial charge is 0.381 e. The maximum Gasteiger partial charge on any atom is 0.254 e. The first-order chi connectivity index (χ1) is 23.3. The number of imidazole rings is 1. The lowest BCUT2D eigenvalue weighted by atomic mass is 9.94. The van der Waals surface area contributed by atoms with E-state index in [2.05, 4.69) is 26.6 Å². The van der Waals surface area contributed by atoms with Gasteiger partial charge >= 0.3 is 0 Å². The molecule has 4 atom stereocenters. The summed E-state index contributed by atoms with van der Waals surface area (Å²) in [5.41, 5.74) is 10.3. The van der Waals surface area contributed by atoms with Crippen molar-refractivity contribution < 1.29 is 18.7 Å². The van der Waals surface area contributed by atoms with Gasteiger partial charge in [-0.2, -0.15) is 0 Å². The Morgan fingerprint density at radius 2 is 1.81 bits per heavy atom. The van der Waals surface area contributed by atoms with Crippen LogP contribution in [0, 0.1) is 23.6 Å². The molecule has 3 aromatic heterocycles. The van der Waals surface area contributed by atoms with Crippen molar-refractivity contribution in [1.29, 1.82) is 0 Å². The number of carbonyl (C=O) groups is 2. The molecule has 0 radical (unpaired) electrons. The zero-order chi connectivity index (χ0) is 32.7. The molecule has 48 heavy (non-hydrogen) atoms. The Kier molecular flexibility index (Phi) is 7.34. The van der Waals surface area contributed by atoms with E-state index in [-0.39, 0.29) is 41.9 Å². The van der Waals surface area contributed by atoms with Crippen LogP contribution in [-0.4, -0.2) is 67.7 Å². The van der Waals surface area contributed by atoms with E-state index in [1.54, 1.807) is 6.07 Å². The van der Waals surface area contributed by atoms with E-state index < -0.39 is 5.82 Å². The van der Waals surface area contributed by atoms with E-state index in [1.165, 1.54) is 6.07 Å². The van der Waals surface area contributed by atoms with Crippen molar-refractivity contribution in [2.75, 3.05) is 19.8 Å². The quantitative estimate of drug-likeness (QED) is 0.260. The van der Waals surface area contributed by atoms with Gasteiger partial charge in [0.2, 0.25) is 5.91 Å². The van der Waals surface area contributed by atoms with Gasteiger partial charge < -0.3 is 29.8 Å². The Bertz CT molecular complexity index is 1920. The Balaban J connectivity index is 1.09. The van der Waals surface area contributed by atoms with Gasteiger partial charge in [-0.3, -0.25) is 9.59 Å². The molecule has 3 N–H and O–H groups in total. The van der Waals surface area contributed by atoms with Crippen molar-refractivity contribution in [2.24, 2.45) is 23.5 Å². The lowest BCUT2D eigenvalue weighted by molar-refractivity contribution is -0.128. The number of amides is 2. The van der Waals surface area contributed by atoms with E-state index in [0.29, 0.717) is 48.2 Å². The lowest BCUT2D eigenvalue weighted by Crippen LogP contribution is -2.51. The number of hydrogen-bond acceptors (Lipinski definition) is 6. The Labute approximate surface area is 279 Å². The number of pyridine rings is 1. The number of piperidine rings is 1. The van der Waals surface area contributed by atoms with E-state index in [9.17, 15) is 9.59 Å². The zero-order valence-corrected chi connectivity index (χ0v) is 27.5. The summed E-state index contributed by atoms with van der Waals surface area (Å²) in [7, 11) is 0. The summed E-state index contributed by atoms with van der Waals surface area (Å²) in [6, 6.07) is 9.42. The van der Waals surface area contributed by atoms with Crippen LogP contribution in [0.4, 0.5) is 4.39 Å². The number of fused-ring (bicyclic) bond motifs is 4. The smallest absolute Gasteiger partial charge is 0.254 e. The number of carbonyl (C=O) groups excluding carboxylic acids is 2. The molecule has 3 saturated carbocycles. The summed E-state index contributed by atoms with van der Waals surface area (Å²) in [6.07, 6.45) is 8.67. The average molecular weight is 654 g/mol. The Morgan fingerprint density at radius 1 is 1.02 bits per heavy atom. The Hall–Kier alpha value is -3.83. The summed E-state index contributed by atoms with van der Waals surface area (Å²) >= 11 is 0. The molecule has 5 aliphatic rings. The molecular weight excluding hydrogens is 609 g/mol. The maximum absolute atomic E-state index is 16.2. The maximum atomic E-state index is 16.2. The molecule has 11 heteroatoms. The molecule has 5 heterocycles. The fraction of sp³-hybridized carbons (Fsp3) is 0.568. The second-order valence-electron chi connectivity index (χ2n) is 15.1. The number of likely N-dealkylation sites (tertiary alicyclic amines) is 1. The van der Waals surface area contributed by atoms with Crippen LogP contribution in [-0.2, 0) is 16.1 Å². The van der Waals surface area contributed by atoms with Gasteiger partial charge in [0, 0.05) is 61.3 Å². The van der Waals surface area contributed by atoms with Crippen molar-refractivity contribution >= 4 is 33.9 Å². The first-order valence-corrected chi connectivity index (χ1v) is 18.0. The standard InChI is InChI=1S/C37H44FN7O3/c1-20(40-36(46)22-10-12-48-13-11-22)30-9-5-24-17-32(44(34(24)41-30)18-21-2-3-21)35-42-31-16-25(15-28(38)33(31)45(35)26-7-8-26)37(47)43-19-29(39)23-4-6-27(43)14-23/h5,9,15-17,20-23,26-27,29H,2-4,6-8,10-14,18-19,39H2,1H3,(H,40,46)/t20-,23+,27-,29+/m1/s1. The van der Waals surface area contributed by atoms with Crippen LogP contribution < -0.4 is 11.1 Å². The summed E-state index contributed by atoms with van der Waals surface area (Å²) in [5.74, 6) is 1.20. The molecule has 9 rings (SSSR count). The predicted octanol–water partition coefficient (Wildman–Crippen LogP) is 5.49. The molecule has 2 amide bonds. The second kappa shape index (κ2) is 11.7. The highest BCUT2D eigenvalue weighted by Gasteiger charge is 2.41. The number of benzene rings is 1. The minimum Gasteiger partial charge on any atom is -0.381 e. The molecule has 5 fully saturated rings. The van der Waals surface area contributed by atoms with Gasteiger partial charge in [0.05, 0.1) is 22.9 Å². The summed E-state index contributed by atoms with van der Waals surface area (Å²) in [4.78, 5) is 38.9. The van der Waals surface area contributed by atoms with Crippen molar-refractivity contribution in [2.45, 2.75) is 95.4 Å². The fourth-order valence-electron chi connectivity index (χ4n) is 8.45.